The van der Waals surface area contributed by atoms with Crippen LogP contribution < -0.4 is 5.73 Å². The lowest BCUT2D eigenvalue weighted by molar-refractivity contribution is -0.137. The van der Waals surface area contributed by atoms with Gasteiger partial charge in [-0.25, -0.2) is 0 Å². The van der Waals surface area contributed by atoms with Crippen LogP contribution in [0.1, 0.15) is 43.8 Å². The first-order valence-electron chi connectivity index (χ1n) is 7.38. The molecular formula is C16H22N2O3. The Balaban J connectivity index is 1.98. The van der Waals surface area contributed by atoms with Crippen LogP contribution in [-0.2, 0) is 9.59 Å². The molecule has 1 aromatic carbocycles. The summed E-state index contributed by atoms with van der Waals surface area (Å²) >= 11 is 0. The maximum absolute atomic E-state index is 12.4. The van der Waals surface area contributed by atoms with Gasteiger partial charge in [0.05, 0.1) is 12.5 Å². The number of aliphatic hydroxyl groups is 1. The zero-order valence-corrected chi connectivity index (χ0v) is 12.1. The van der Waals surface area contributed by atoms with Crippen molar-refractivity contribution in [3.8, 4) is 0 Å². The topological polar surface area (TPSA) is 83.6 Å². The molecule has 2 atom stereocenters. The van der Waals surface area contributed by atoms with E-state index in [0.717, 1.165) is 24.8 Å². The van der Waals surface area contributed by atoms with Crippen molar-refractivity contribution in [1.29, 1.82) is 0 Å². The van der Waals surface area contributed by atoms with Crippen molar-refractivity contribution in [1.82, 2.24) is 4.90 Å². The molecule has 3 N–H and O–H groups in total. The van der Waals surface area contributed by atoms with Crippen molar-refractivity contribution in [2.75, 3.05) is 6.54 Å². The number of hydrogen-bond donors (Lipinski definition) is 2. The molecule has 1 aliphatic rings. The molecule has 21 heavy (non-hydrogen) atoms. The molecule has 2 amide bonds. The van der Waals surface area contributed by atoms with Crippen LogP contribution in [0.5, 0.6) is 0 Å². The zero-order valence-electron chi connectivity index (χ0n) is 12.1. The third kappa shape index (κ3) is 4.29. The van der Waals surface area contributed by atoms with Gasteiger partial charge < -0.3 is 15.7 Å². The molecule has 0 spiro atoms. The highest BCUT2D eigenvalue weighted by Crippen LogP contribution is 2.23. The molecule has 114 valence electrons. The van der Waals surface area contributed by atoms with Crippen molar-refractivity contribution >= 4 is 11.8 Å². The normalized spacial score (nSPS) is 20.0. The van der Waals surface area contributed by atoms with Gasteiger partial charge in [0.1, 0.15) is 0 Å². The predicted molar refractivity (Wildman–Crippen MR) is 79.2 cm³/mol. The molecule has 0 bridgehead atoms. The maximum Gasteiger partial charge on any atom is 0.225 e. The lowest BCUT2D eigenvalue weighted by Gasteiger charge is -2.35. The van der Waals surface area contributed by atoms with Gasteiger partial charge in [-0.3, -0.25) is 9.59 Å². The van der Waals surface area contributed by atoms with Crippen LogP contribution in [0.4, 0.5) is 0 Å². The van der Waals surface area contributed by atoms with Gasteiger partial charge in [0.2, 0.25) is 11.8 Å². The number of nitrogens with zero attached hydrogens (tertiary/aromatic N) is 1. The minimum atomic E-state index is -0.810. The number of likely N-dealkylation sites (tertiary alicyclic amines) is 1. The SMILES string of the molecule is NC(=O)CC1CCCCN1C(=O)CC(O)c1ccccc1. The Kier molecular flexibility index (Phi) is 5.33. The Morgan fingerprint density at radius 2 is 2.00 bits per heavy atom. The summed E-state index contributed by atoms with van der Waals surface area (Å²) in [6.07, 6.45) is 2.17. The summed E-state index contributed by atoms with van der Waals surface area (Å²) in [4.78, 5) is 25.2. The molecule has 0 radical (unpaired) electrons. The van der Waals surface area contributed by atoms with Gasteiger partial charge in [-0.2, -0.15) is 0 Å². The minimum Gasteiger partial charge on any atom is -0.388 e. The van der Waals surface area contributed by atoms with Crippen LogP contribution >= 0.6 is 0 Å². The van der Waals surface area contributed by atoms with E-state index < -0.39 is 6.10 Å². The highest BCUT2D eigenvalue weighted by Gasteiger charge is 2.29. The number of piperidine rings is 1. The molecule has 2 rings (SSSR count). The molecule has 5 heteroatoms. The van der Waals surface area contributed by atoms with E-state index in [0.29, 0.717) is 6.54 Å². The first kappa shape index (κ1) is 15.5. The number of benzene rings is 1. The molecule has 0 aromatic heterocycles. The van der Waals surface area contributed by atoms with Crippen LogP contribution in [0, 0.1) is 0 Å². The summed E-state index contributed by atoms with van der Waals surface area (Å²) in [6, 6.07) is 9.02. The minimum absolute atomic E-state index is 0.0409. The number of carbonyl (C=O) groups excluding carboxylic acids is 2. The average molecular weight is 290 g/mol. The van der Waals surface area contributed by atoms with Crippen LogP contribution in [0.25, 0.3) is 0 Å². The second-order valence-electron chi connectivity index (χ2n) is 5.54. The molecule has 1 aliphatic heterocycles. The Bertz CT molecular complexity index is 490. The van der Waals surface area contributed by atoms with Gasteiger partial charge in [0.25, 0.3) is 0 Å². The highest BCUT2D eigenvalue weighted by atomic mass is 16.3. The number of carbonyl (C=O) groups is 2. The molecule has 1 aromatic rings. The van der Waals surface area contributed by atoms with Crippen LogP contribution in [0.3, 0.4) is 0 Å². The Morgan fingerprint density at radius 1 is 1.29 bits per heavy atom. The summed E-state index contributed by atoms with van der Waals surface area (Å²) in [5, 5.41) is 10.2. The van der Waals surface area contributed by atoms with E-state index >= 15 is 0 Å². The van der Waals surface area contributed by atoms with Gasteiger partial charge in [-0.1, -0.05) is 30.3 Å². The monoisotopic (exact) mass is 290 g/mol. The molecule has 2 unspecified atom stereocenters. The van der Waals surface area contributed by atoms with E-state index in [1.165, 1.54) is 0 Å². The number of hydrogen-bond acceptors (Lipinski definition) is 3. The van der Waals surface area contributed by atoms with Crippen molar-refractivity contribution in [2.24, 2.45) is 5.73 Å². The van der Waals surface area contributed by atoms with Gasteiger partial charge in [0, 0.05) is 19.0 Å². The number of amides is 2. The smallest absolute Gasteiger partial charge is 0.225 e. The predicted octanol–water partition coefficient (Wildman–Crippen LogP) is 1.37. The van der Waals surface area contributed by atoms with Crippen molar-refractivity contribution in [2.45, 2.75) is 44.2 Å². The fourth-order valence-corrected chi connectivity index (χ4v) is 2.85. The van der Waals surface area contributed by atoms with Gasteiger partial charge in [-0.15, -0.1) is 0 Å². The van der Waals surface area contributed by atoms with Gasteiger partial charge in [-0.05, 0) is 24.8 Å². The summed E-state index contributed by atoms with van der Waals surface area (Å²) in [7, 11) is 0. The third-order valence-electron chi connectivity index (χ3n) is 3.94. The number of rotatable bonds is 5. The standard InChI is InChI=1S/C16H22N2O3/c17-15(20)10-13-8-4-5-9-18(13)16(21)11-14(19)12-6-2-1-3-7-12/h1-3,6-7,13-14,19H,4-5,8-11H2,(H2,17,20). The summed E-state index contributed by atoms with van der Waals surface area (Å²) in [6.45, 7) is 0.637. The number of nitrogens with two attached hydrogens (primary N) is 1. The largest absolute Gasteiger partial charge is 0.388 e. The second kappa shape index (κ2) is 7.22. The van der Waals surface area contributed by atoms with E-state index in [1.54, 1.807) is 17.0 Å². The van der Waals surface area contributed by atoms with Gasteiger partial charge in [0.15, 0.2) is 0 Å². The fraction of sp³-hybridized carbons (Fsp3) is 0.500. The summed E-state index contributed by atoms with van der Waals surface area (Å²) in [5.74, 6) is -0.499. The Labute approximate surface area is 124 Å². The molecule has 1 saturated heterocycles. The Hall–Kier alpha value is -1.88. The molecule has 1 heterocycles. The number of aliphatic hydroxyl groups excluding tert-OH is 1. The number of primary amides is 1. The molecule has 5 nitrogen and oxygen atoms in total. The van der Waals surface area contributed by atoms with E-state index in [4.69, 9.17) is 5.73 Å². The van der Waals surface area contributed by atoms with Crippen molar-refractivity contribution in [3.05, 3.63) is 35.9 Å². The molecular weight excluding hydrogens is 268 g/mol. The quantitative estimate of drug-likeness (QED) is 0.859. The first-order chi connectivity index (χ1) is 10.1. The van der Waals surface area contributed by atoms with E-state index in [-0.39, 0.29) is 30.7 Å². The fourth-order valence-electron chi connectivity index (χ4n) is 2.85. The van der Waals surface area contributed by atoms with Crippen LogP contribution in [-0.4, -0.2) is 34.4 Å². The first-order valence-corrected chi connectivity index (χ1v) is 7.38. The Morgan fingerprint density at radius 3 is 2.67 bits per heavy atom. The molecule has 1 fully saturated rings. The summed E-state index contributed by atoms with van der Waals surface area (Å²) < 4.78 is 0. The van der Waals surface area contributed by atoms with E-state index in [2.05, 4.69) is 0 Å². The second-order valence-corrected chi connectivity index (χ2v) is 5.54. The van der Waals surface area contributed by atoms with E-state index in [9.17, 15) is 14.7 Å². The van der Waals surface area contributed by atoms with Crippen molar-refractivity contribution in [3.63, 3.8) is 0 Å². The lowest BCUT2D eigenvalue weighted by Crippen LogP contribution is -2.45. The highest BCUT2D eigenvalue weighted by molar-refractivity contribution is 5.79. The third-order valence-corrected chi connectivity index (χ3v) is 3.94. The molecule has 0 saturated carbocycles. The zero-order chi connectivity index (χ0) is 15.2. The molecule has 0 aliphatic carbocycles. The van der Waals surface area contributed by atoms with Crippen molar-refractivity contribution < 1.29 is 14.7 Å². The van der Waals surface area contributed by atoms with E-state index in [1.807, 2.05) is 18.2 Å². The van der Waals surface area contributed by atoms with Gasteiger partial charge >= 0.3 is 0 Å². The van der Waals surface area contributed by atoms with Crippen LogP contribution in [0.2, 0.25) is 0 Å². The maximum atomic E-state index is 12.4. The summed E-state index contributed by atoms with van der Waals surface area (Å²) in [5.41, 5.74) is 5.98. The van der Waals surface area contributed by atoms with Crippen LogP contribution in [0.15, 0.2) is 30.3 Å². The average Bonchev–Trinajstić information content (AvgIpc) is 2.48. The lowest BCUT2D eigenvalue weighted by atomic mass is 9.97.